The molecule has 0 aliphatic heterocycles. The highest BCUT2D eigenvalue weighted by Gasteiger charge is 2.15. The molecule has 2 aromatic rings. The van der Waals surface area contributed by atoms with Gasteiger partial charge in [0, 0.05) is 18.6 Å². The Morgan fingerprint density at radius 2 is 1.65 bits per heavy atom. The van der Waals surface area contributed by atoms with Gasteiger partial charge in [0.2, 0.25) is 0 Å². The molecule has 2 aromatic carbocycles. The average Bonchev–Trinajstić information content (AvgIpc) is 2.53. The molecule has 0 amide bonds. The van der Waals surface area contributed by atoms with Gasteiger partial charge in [-0.3, -0.25) is 0 Å². The molecule has 0 radical (unpaired) electrons. The zero-order valence-corrected chi connectivity index (χ0v) is 12.3. The Labute approximate surface area is 122 Å². The number of hydrogen-bond donors (Lipinski definition) is 2. The molecule has 2 nitrogen and oxygen atoms in total. The first-order chi connectivity index (χ1) is 9.76. The molecule has 0 aromatic heterocycles. The van der Waals surface area contributed by atoms with Crippen LogP contribution in [0.2, 0.25) is 0 Å². The Bertz CT molecular complexity index is 522. The lowest BCUT2D eigenvalue weighted by Gasteiger charge is -2.24. The predicted molar refractivity (Wildman–Crippen MR) is 85.6 cm³/mol. The number of benzene rings is 2. The van der Waals surface area contributed by atoms with E-state index in [1.807, 2.05) is 6.07 Å². The topological polar surface area (TPSA) is 38.0 Å². The molecule has 3 N–H and O–H groups in total. The van der Waals surface area contributed by atoms with Crippen LogP contribution < -0.4 is 11.1 Å². The molecule has 0 fully saturated rings. The first kappa shape index (κ1) is 14.8. The smallest absolute Gasteiger partial charge is 0.0451 e. The van der Waals surface area contributed by atoms with E-state index in [9.17, 15) is 0 Å². The second-order valence-corrected chi connectivity index (χ2v) is 5.14. The largest absolute Gasteiger partial charge is 0.329 e. The van der Waals surface area contributed by atoms with Gasteiger partial charge in [-0.15, -0.1) is 0 Å². The molecule has 20 heavy (non-hydrogen) atoms. The number of hydrogen-bond acceptors (Lipinski definition) is 2. The summed E-state index contributed by atoms with van der Waals surface area (Å²) in [4.78, 5) is 0. The van der Waals surface area contributed by atoms with E-state index in [1.54, 1.807) is 0 Å². The fraction of sp³-hybridized carbons (Fsp3) is 0.333. The zero-order valence-electron chi connectivity index (χ0n) is 12.3. The van der Waals surface area contributed by atoms with Crippen LogP contribution in [0.4, 0.5) is 0 Å². The van der Waals surface area contributed by atoms with Crippen molar-refractivity contribution in [2.75, 3.05) is 6.54 Å². The fourth-order valence-electron chi connectivity index (χ4n) is 2.62. The minimum absolute atomic E-state index is 0.196. The highest BCUT2D eigenvalue weighted by molar-refractivity contribution is 5.31. The molecule has 0 saturated heterocycles. The van der Waals surface area contributed by atoms with Gasteiger partial charge in [-0.1, -0.05) is 61.5 Å². The molecule has 2 heteroatoms. The Kier molecular flexibility index (Phi) is 5.33. The molecule has 2 rings (SSSR count). The van der Waals surface area contributed by atoms with Crippen molar-refractivity contribution in [1.29, 1.82) is 0 Å². The molecule has 0 heterocycles. The predicted octanol–water partition coefficient (Wildman–Crippen LogP) is 3.60. The summed E-state index contributed by atoms with van der Waals surface area (Å²) in [5.41, 5.74) is 9.97. The Morgan fingerprint density at radius 3 is 2.30 bits per heavy atom. The highest BCUT2D eigenvalue weighted by atomic mass is 15.0. The van der Waals surface area contributed by atoms with E-state index in [0.29, 0.717) is 6.54 Å². The Balaban J connectivity index is 2.17. The molecule has 0 aliphatic rings. The lowest BCUT2D eigenvalue weighted by atomic mass is 9.97. The van der Waals surface area contributed by atoms with Gasteiger partial charge in [0.05, 0.1) is 0 Å². The van der Waals surface area contributed by atoms with Crippen LogP contribution >= 0.6 is 0 Å². The number of aryl methyl sites for hydroxylation is 1. The van der Waals surface area contributed by atoms with Gasteiger partial charge in [-0.05, 0) is 30.0 Å². The van der Waals surface area contributed by atoms with Crippen LogP contribution in [0.3, 0.4) is 0 Å². The minimum atomic E-state index is 0.196. The van der Waals surface area contributed by atoms with Gasteiger partial charge < -0.3 is 11.1 Å². The maximum atomic E-state index is 5.99. The maximum absolute atomic E-state index is 5.99. The molecule has 0 spiro atoms. The molecule has 0 aliphatic carbocycles. The van der Waals surface area contributed by atoms with E-state index in [-0.39, 0.29) is 12.1 Å². The van der Waals surface area contributed by atoms with Crippen molar-refractivity contribution >= 4 is 0 Å². The lowest BCUT2D eigenvalue weighted by molar-refractivity contribution is 0.471. The average molecular weight is 268 g/mol. The third-order valence-corrected chi connectivity index (χ3v) is 3.80. The Hall–Kier alpha value is -1.64. The monoisotopic (exact) mass is 268 g/mol. The van der Waals surface area contributed by atoms with Crippen molar-refractivity contribution in [1.82, 2.24) is 5.32 Å². The van der Waals surface area contributed by atoms with E-state index in [4.69, 9.17) is 5.73 Å². The second kappa shape index (κ2) is 7.22. The quantitative estimate of drug-likeness (QED) is 0.840. The standard InChI is InChI=1S/C18H24N2/c1-3-15-9-7-8-12-17(15)18(13-19)20-14(2)16-10-5-4-6-11-16/h4-12,14,18,20H,3,13,19H2,1-2H3. The third kappa shape index (κ3) is 3.47. The van der Waals surface area contributed by atoms with Crippen LogP contribution in [0.15, 0.2) is 54.6 Å². The SMILES string of the molecule is CCc1ccccc1C(CN)NC(C)c1ccccc1. The summed E-state index contributed by atoms with van der Waals surface area (Å²) in [6.45, 7) is 4.98. The van der Waals surface area contributed by atoms with Crippen molar-refractivity contribution in [2.24, 2.45) is 5.73 Å². The molecule has 2 unspecified atom stereocenters. The summed E-state index contributed by atoms with van der Waals surface area (Å²) in [5.74, 6) is 0. The van der Waals surface area contributed by atoms with Crippen LogP contribution in [-0.2, 0) is 6.42 Å². The van der Waals surface area contributed by atoms with E-state index >= 15 is 0 Å². The van der Waals surface area contributed by atoms with E-state index in [0.717, 1.165) is 6.42 Å². The molecule has 106 valence electrons. The Morgan fingerprint density at radius 1 is 1.00 bits per heavy atom. The van der Waals surface area contributed by atoms with Crippen molar-refractivity contribution in [3.63, 3.8) is 0 Å². The zero-order chi connectivity index (χ0) is 14.4. The summed E-state index contributed by atoms with van der Waals surface area (Å²) in [6.07, 6.45) is 1.04. The molecule has 0 saturated carbocycles. The van der Waals surface area contributed by atoms with Crippen LogP contribution in [0.25, 0.3) is 0 Å². The minimum Gasteiger partial charge on any atom is -0.329 e. The van der Waals surface area contributed by atoms with Crippen molar-refractivity contribution < 1.29 is 0 Å². The molecule has 0 bridgehead atoms. The van der Waals surface area contributed by atoms with Crippen LogP contribution in [0, 0.1) is 0 Å². The molecular weight excluding hydrogens is 244 g/mol. The molecule has 2 atom stereocenters. The normalized spacial score (nSPS) is 13.9. The first-order valence-corrected chi connectivity index (χ1v) is 7.35. The third-order valence-electron chi connectivity index (χ3n) is 3.80. The number of rotatable bonds is 6. The van der Waals surface area contributed by atoms with Gasteiger partial charge >= 0.3 is 0 Å². The van der Waals surface area contributed by atoms with Crippen molar-refractivity contribution in [3.05, 3.63) is 71.3 Å². The number of nitrogens with one attached hydrogen (secondary N) is 1. The highest BCUT2D eigenvalue weighted by Crippen LogP contribution is 2.22. The summed E-state index contributed by atoms with van der Waals surface area (Å²) in [5, 5.41) is 3.65. The molecular formula is C18H24N2. The van der Waals surface area contributed by atoms with Gasteiger partial charge in [0.1, 0.15) is 0 Å². The van der Waals surface area contributed by atoms with Gasteiger partial charge in [0.15, 0.2) is 0 Å². The van der Waals surface area contributed by atoms with Gasteiger partial charge in [-0.25, -0.2) is 0 Å². The first-order valence-electron chi connectivity index (χ1n) is 7.35. The number of nitrogens with two attached hydrogens (primary N) is 1. The van der Waals surface area contributed by atoms with E-state index in [2.05, 4.69) is 67.7 Å². The summed E-state index contributed by atoms with van der Waals surface area (Å²) >= 11 is 0. The van der Waals surface area contributed by atoms with Crippen LogP contribution in [0.1, 0.15) is 42.6 Å². The van der Waals surface area contributed by atoms with E-state index < -0.39 is 0 Å². The fourth-order valence-corrected chi connectivity index (χ4v) is 2.62. The second-order valence-electron chi connectivity index (χ2n) is 5.14. The van der Waals surface area contributed by atoms with Crippen molar-refractivity contribution in [2.45, 2.75) is 32.4 Å². The summed E-state index contributed by atoms with van der Waals surface area (Å²) in [6, 6.07) is 19.5. The van der Waals surface area contributed by atoms with Gasteiger partial charge in [0.25, 0.3) is 0 Å². The van der Waals surface area contributed by atoms with E-state index in [1.165, 1.54) is 16.7 Å². The summed E-state index contributed by atoms with van der Waals surface area (Å²) < 4.78 is 0. The maximum Gasteiger partial charge on any atom is 0.0451 e. The van der Waals surface area contributed by atoms with Crippen LogP contribution in [-0.4, -0.2) is 6.54 Å². The van der Waals surface area contributed by atoms with Crippen molar-refractivity contribution in [3.8, 4) is 0 Å². The van der Waals surface area contributed by atoms with Gasteiger partial charge in [-0.2, -0.15) is 0 Å². The lowest BCUT2D eigenvalue weighted by Crippen LogP contribution is -2.31. The van der Waals surface area contributed by atoms with Crippen LogP contribution in [0.5, 0.6) is 0 Å². The summed E-state index contributed by atoms with van der Waals surface area (Å²) in [7, 11) is 0.